The van der Waals surface area contributed by atoms with Gasteiger partial charge in [0.25, 0.3) is 11.8 Å². The minimum Gasteiger partial charge on any atom is -0.354 e. The molecule has 6 heteroatoms. The third-order valence-corrected chi connectivity index (χ3v) is 4.37. The molecule has 0 fully saturated rings. The summed E-state index contributed by atoms with van der Waals surface area (Å²) in [5.74, 6) is -0.950. The fourth-order valence-electron chi connectivity index (χ4n) is 2.87. The molecule has 1 aliphatic heterocycles. The number of rotatable bonds is 5. The van der Waals surface area contributed by atoms with E-state index in [0.717, 1.165) is 16.0 Å². The van der Waals surface area contributed by atoms with Crippen molar-refractivity contribution in [2.24, 2.45) is 0 Å². The number of nitrogens with zero attached hydrogens (tertiary/aromatic N) is 1. The molecule has 0 saturated carbocycles. The summed E-state index contributed by atoms with van der Waals surface area (Å²) in [4.78, 5) is 37.8. The van der Waals surface area contributed by atoms with E-state index < -0.39 is 5.91 Å². The number of amides is 3. The van der Waals surface area contributed by atoms with Gasteiger partial charge in [-0.1, -0.05) is 47.5 Å². The number of carbonyl (C=O) groups is 3. The second-order valence-corrected chi connectivity index (χ2v) is 6.35. The van der Waals surface area contributed by atoms with E-state index in [1.165, 1.54) is 0 Å². The Morgan fingerprint density at radius 1 is 1.12 bits per heavy atom. The first-order valence-corrected chi connectivity index (χ1v) is 8.32. The standard InChI is InChI=1S/C19H17ClN2O3/c1-12-4-2-5-13(10-12)11-16(23)21-8-9-22-18(24)14-6-3-7-15(20)17(14)19(22)25/h2-7,10H,8-9,11H2,1H3,(H,21,23). The molecule has 1 heterocycles. The Morgan fingerprint density at radius 2 is 1.88 bits per heavy atom. The SMILES string of the molecule is Cc1cccc(CC(=O)NCCN2C(=O)c3cccc(Cl)c3C2=O)c1. The van der Waals surface area contributed by atoms with Gasteiger partial charge in [0.1, 0.15) is 0 Å². The quantitative estimate of drug-likeness (QED) is 0.837. The molecule has 2 aromatic carbocycles. The van der Waals surface area contributed by atoms with Crippen LogP contribution in [0.3, 0.4) is 0 Å². The topological polar surface area (TPSA) is 66.5 Å². The molecule has 0 aromatic heterocycles. The lowest BCUT2D eigenvalue weighted by Gasteiger charge is -2.14. The van der Waals surface area contributed by atoms with Crippen molar-refractivity contribution in [2.45, 2.75) is 13.3 Å². The van der Waals surface area contributed by atoms with Gasteiger partial charge in [-0.2, -0.15) is 0 Å². The van der Waals surface area contributed by atoms with Crippen molar-refractivity contribution in [3.8, 4) is 0 Å². The summed E-state index contributed by atoms with van der Waals surface area (Å²) in [6, 6.07) is 12.5. The average molecular weight is 357 g/mol. The van der Waals surface area contributed by atoms with Crippen LogP contribution in [0.2, 0.25) is 5.02 Å². The highest BCUT2D eigenvalue weighted by Gasteiger charge is 2.36. The Bertz CT molecular complexity index is 863. The van der Waals surface area contributed by atoms with Crippen LogP contribution in [-0.4, -0.2) is 35.7 Å². The molecule has 3 rings (SSSR count). The smallest absolute Gasteiger partial charge is 0.263 e. The molecule has 25 heavy (non-hydrogen) atoms. The van der Waals surface area contributed by atoms with Gasteiger partial charge in [0, 0.05) is 13.1 Å². The predicted molar refractivity (Wildman–Crippen MR) is 94.7 cm³/mol. The summed E-state index contributed by atoms with van der Waals surface area (Å²) < 4.78 is 0. The molecule has 0 unspecified atom stereocenters. The second-order valence-electron chi connectivity index (χ2n) is 5.94. The number of fused-ring (bicyclic) bond motifs is 1. The van der Waals surface area contributed by atoms with Gasteiger partial charge in [-0.05, 0) is 24.6 Å². The number of carbonyl (C=O) groups excluding carboxylic acids is 3. The molecule has 0 aliphatic carbocycles. The van der Waals surface area contributed by atoms with Crippen LogP contribution in [0.15, 0.2) is 42.5 Å². The molecule has 1 aliphatic rings. The van der Waals surface area contributed by atoms with Crippen molar-refractivity contribution in [1.82, 2.24) is 10.2 Å². The van der Waals surface area contributed by atoms with Crippen molar-refractivity contribution < 1.29 is 14.4 Å². The normalized spacial score (nSPS) is 13.1. The molecule has 0 atom stereocenters. The number of benzene rings is 2. The molecule has 0 spiro atoms. The van der Waals surface area contributed by atoms with Crippen molar-refractivity contribution in [3.05, 3.63) is 69.7 Å². The number of hydrogen-bond acceptors (Lipinski definition) is 3. The summed E-state index contributed by atoms with van der Waals surface area (Å²) in [5.41, 5.74) is 2.56. The van der Waals surface area contributed by atoms with Gasteiger partial charge in [-0.15, -0.1) is 0 Å². The van der Waals surface area contributed by atoms with E-state index in [2.05, 4.69) is 5.32 Å². The molecule has 3 amide bonds. The zero-order valence-electron chi connectivity index (χ0n) is 13.7. The third kappa shape index (κ3) is 3.56. The Kier molecular flexibility index (Phi) is 4.86. The molecule has 128 valence electrons. The van der Waals surface area contributed by atoms with Crippen LogP contribution in [0.25, 0.3) is 0 Å². The Labute approximate surface area is 150 Å². The lowest BCUT2D eigenvalue weighted by Crippen LogP contribution is -2.38. The van der Waals surface area contributed by atoms with Crippen molar-refractivity contribution in [3.63, 3.8) is 0 Å². The number of halogens is 1. The molecule has 2 aromatic rings. The number of aryl methyl sites for hydroxylation is 1. The molecular formula is C19H17ClN2O3. The zero-order chi connectivity index (χ0) is 18.0. The Hall–Kier alpha value is -2.66. The van der Waals surface area contributed by atoms with Crippen LogP contribution in [0.1, 0.15) is 31.8 Å². The molecule has 5 nitrogen and oxygen atoms in total. The highest BCUT2D eigenvalue weighted by Crippen LogP contribution is 2.28. The van der Waals surface area contributed by atoms with Gasteiger partial charge in [-0.25, -0.2) is 0 Å². The first kappa shape index (κ1) is 17.2. The van der Waals surface area contributed by atoms with Crippen LogP contribution in [0.5, 0.6) is 0 Å². The van der Waals surface area contributed by atoms with Gasteiger partial charge in [0.05, 0.1) is 22.6 Å². The van der Waals surface area contributed by atoms with Gasteiger partial charge >= 0.3 is 0 Å². The molecule has 1 N–H and O–H groups in total. The van der Waals surface area contributed by atoms with Crippen LogP contribution in [0, 0.1) is 6.92 Å². The maximum absolute atomic E-state index is 12.3. The average Bonchev–Trinajstić information content (AvgIpc) is 2.81. The second kappa shape index (κ2) is 7.07. The summed E-state index contributed by atoms with van der Waals surface area (Å²) in [7, 11) is 0. The Balaban J connectivity index is 1.56. The number of nitrogens with one attached hydrogen (secondary N) is 1. The van der Waals surface area contributed by atoms with E-state index in [4.69, 9.17) is 11.6 Å². The van der Waals surface area contributed by atoms with Crippen LogP contribution in [-0.2, 0) is 11.2 Å². The number of imide groups is 1. The first-order chi connectivity index (χ1) is 12.0. The largest absolute Gasteiger partial charge is 0.354 e. The van der Waals surface area contributed by atoms with E-state index in [-0.39, 0.29) is 41.9 Å². The predicted octanol–water partition coefficient (Wildman–Crippen LogP) is 2.60. The first-order valence-electron chi connectivity index (χ1n) is 7.94. The highest BCUT2D eigenvalue weighted by molar-refractivity contribution is 6.37. The van der Waals surface area contributed by atoms with E-state index in [1.54, 1.807) is 18.2 Å². The summed E-state index contributed by atoms with van der Waals surface area (Å²) in [5, 5.41) is 3.01. The summed E-state index contributed by atoms with van der Waals surface area (Å²) >= 11 is 6.01. The van der Waals surface area contributed by atoms with Gasteiger partial charge in [0.15, 0.2) is 0 Å². The molecule has 0 radical (unpaired) electrons. The highest BCUT2D eigenvalue weighted by atomic mass is 35.5. The van der Waals surface area contributed by atoms with Gasteiger partial charge in [-0.3, -0.25) is 19.3 Å². The maximum atomic E-state index is 12.3. The fraction of sp³-hybridized carbons (Fsp3) is 0.211. The lowest BCUT2D eigenvalue weighted by molar-refractivity contribution is -0.120. The van der Waals surface area contributed by atoms with E-state index in [0.29, 0.717) is 5.56 Å². The molecule has 0 bridgehead atoms. The molecule has 0 saturated heterocycles. The minimum absolute atomic E-state index is 0.113. The van der Waals surface area contributed by atoms with Gasteiger partial charge in [0.2, 0.25) is 5.91 Å². The third-order valence-electron chi connectivity index (χ3n) is 4.05. The zero-order valence-corrected chi connectivity index (χ0v) is 14.5. The van der Waals surface area contributed by atoms with Crippen molar-refractivity contribution in [1.29, 1.82) is 0 Å². The van der Waals surface area contributed by atoms with E-state index >= 15 is 0 Å². The Morgan fingerprint density at radius 3 is 2.60 bits per heavy atom. The van der Waals surface area contributed by atoms with Crippen LogP contribution < -0.4 is 5.32 Å². The van der Waals surface area contributed by atoms with Gasteiger partial charge < -0.3 is 5.32 Å². The number of hydrogen-bond donors (Lipinski definition) is 1. The van der Waals surface area contributed by atoms with E-state index in [9.17, 15) is 14.4 Å². The van der Waals surface area contributed by atoms with E-state index in [1.807, 2.05) is 31.2 Å². The lowest BCUT2D eigenvalue weighted by atomic mass is 10.1. The maximum Gasteiger partial charge on any atom is 0.263 e. The molecular weight excluding hydrogens is 340 g/mol. The summed E-state index contributed by atoms with van der Waals surface area (Å²) in [6.45, 7) is 2.28. The van der Waals surface area contributed by atoms with Crippen molar-refractivity contribution >= 4 is 29.3 Å². The minimum atomic E-state index is -0.418. The van der Waals surface area contributed by atoms with Crippen molar-refractivity contribution in [2.75, 3.05) is 13.1 Å². The monoisotopic (exact) mass is 356 g/mol. The summed E-state index contributed by atoms with van der Waals surface area (Å²) in [6.07, 6.45) is 0.260. The van der Waals surface area contributed by atoms with Crippen LogP contribution in [0.4, 0.5) is 0 Å². The van der Waals surface area contributed by atoms with Crippen LogP contribution >= 0.6 is 11.6 Å². The fourth-order valence-corrected chi connectivity index (χ4v) is 3.13.